The Balaban J connectivity index is 2.40. The second-order valence-electron chi connectivity index (χ2n) is 5.09. The van der Waals surface area contributed by atoms with Crippen LogP contribution in [0.15, 0.2) is 42.5 Å². The van der Waals surface area contributed by atoms with Gasteiger partial charge in [0, 0.05) is 0 Å². The lowest BCUT2D eigenvalue weighted by Gasteiger charge is -2.14. The maximum atomic E-state index is 14.1. The van der Waals surface area contributed by atoms with Gasteiger partial charge < -0.3 is 0 Å². The summed E-state index contributed by atoms with van der Waals surface area (Å²) < 4.78 is 96.4. The van der Waals surface area contributed by atoms with Crippen molar-refractivity contribution in [1.29, 1.82) is 0 Å². The van der Waals surface area contributed by atoms with E-state index in [1.54, 1.807) is 0 Å². The van der Waals surface area contributed by atoms with E-state index in [4.69, 9.17) is 0 Å². The topological polar surface area (TPSA) is 0 Å². The summed E-state index contributed by atoms with van der Waals surface area (Å²) in [5.74, 6) is -12.8. The number of halogens is 7. The summed E-state index contributed by atoms with van der Waals surface area (Å²) >= 11 is 0. The Labute approximate surface area is 137 Å². The van der Waals surface area contributed by atoms with Crippen LogP contribution in [0.5, 0.6) is 0 Å². The minimum atomic E-state index is -2.31. The van der Waals surface area contributed by atoms with Crippen molar-refractivity contribution >= 4 is 0 Å². The monoisotopic (exact) mass is 356 g/mol. The first-order valence-corrected chi connectivity index (χ1v) is 6.89. The Hall–Kier alpha value is -2.83. The SMILES string of the molecule is Fc1cccc(F)c1-c1ccccc1-c1c(F)c(F)c(F)c(F)c1F. The van der Waals surface area contributed by atoms with Gasteiger partial charge in [0.2, 0.25) is 5.82 Å². The van der Waals surface area contributed by atoms with Crippen LogP contribution in [0, 0.1) is 40.7 Å². The van der Waals surface area contributed by atoms with Gasteiger partial charge in [-0.05, 0) is 23.3 Å². The Bertz CT molecular complexity index is 930. The van der Waals surface area contributed by atoms with Crippen LogP contribution in [0.2, 0.25) is 0 Å². The van der Waals surface area contributed by atoms with E-state index in [1.165, 1.54) is 12.1 Å². The van der Waals surface area contributed by atoms with Crippen LogP contribution in [0.1, 0.15) is 0 Å². The first-order valence-electron chi connectivity index (χ1n) is 6.89. The zero-order valence-electron chi connectivity index (χ0n) is 12.2. The van der Waals surface area contributed by atoms with E-state index in [-0.39, 0.29) is 5.56 Å². The molecule has 0 fully saturated rings. The van der Waals surface area contributed by atoms with Gasteiger partial charge in [-0.2, -0.15) is 0 Å². The van der Waals surface area contributed by atoms with Crippen molar-refractivity contribution < 1.29 is 30.7 Å². The maximum Gasteiger partial charge on any atom is 0.200 e. The predicted octanol–water partition coefficient (Wildman–Crippen LogP) is 5.99. The molecule has 0 radical (unpaired) electrons. The maximum absolute atomic E-state index is 14.1. The van der Waals surface area contributed by atoms with Crippen molar-refractivity contribution in [1.82, 2.24) is 0 Å². The van der Waals surface area contributed by atoms with E-state index in [0.717, 1.165) is 30.3 Å². The summed E-state index contributed by atoms with van der Waals surface area (Å²) in [6.45, 7) is 0. The van der Waals surface area contributed by atoms with Crippen LogP contribution < -0.4 is 0 Å². The molecule has 0 aliphatic carbocycles. The van der Waals surface area contributed by atoms with Crippen molar-refractivity contribution in [3.8, 4) is 22.3 Å². The molecule has 0 nitrogen and oxygen atoms in total. The molecule has 0 bridgehead atoms. The molecule has 0 heterocycles. The molecular formula is C18H7F7. The molecule has 0 saturated carbocycles. The van der Waals surface area contributed by atoms with Crippen LogP contribution in [-0.2, 0) is 0 Å². The van der Waals surface area contributed by atoms with Gasteiger partial charge in [0.25, 0.3) is 0 Å². The highest BCUT2D eigenvalue weighted by molar-refractivity contribution is 5.84. The molecule has 0 aromatic heterocycles. The summed E-state index contributed by atoms with van der Waals surface area (Å²) in [5.41, 5.74) is -2.77. The highest BCUT2D eigenvalue weighted by Gasteiger charge is 2.28. The summed E-state index contributed by atoms with van der Waals surface area (Å²) in [4.78, 5) is 0. The van der Waals surface area contributed by atoms with Crippen molar-refractivity contribution in [2.24, 2.45) is 0 Å². The largest absolute Gasteiger partial charge is 0.206 e. The molecule has 3 aromatic carbocycles. The lowest BCUT2D eigenvalue weighted by atomic mass is 9.93. The normalized spacial score (nSPS) is 11.0. The second-order valence-corrected chi connectivity index (χ2v) is 5.09. The molecule has 0 N–H and O–H groups in total. The molecule has 0 atom stereocenters. The average molecular weight is 356 g/mol. The van der Waals surface area contributed by atoms with Gasteiger partial charge in [-0.3, -0.25) is 0 Å². The first-order chi connectivity index (χ1) is 11.8. The predicted molar refractivity (Wildman–Crippen MR) is 77.0 cm³/mol. The van der Waals surface area contributed by atoms with E-state index in [0.29, 0.717) is 0 Å². The van der Waals surface area contributed by atoms with Gasteiger partial charge in [0.05, 0.1) is 11.1 Å². The van der Waals surface area contributed by atoms with Crippen molar-refractivity contribution in [3.63, 3.8) is 0 Å². The van der Waals surface area contributed by atoms with Crippen LogP contribution in [0.25, 0.3) is 22.3 Å². The third-order valence-electron chi connectivity index (χ3n) is 3.64. The summed E-state index contributed by atoms with van der Waals surface area (Å²) in [7, 11) is 0. The van der Waals surface area contributed by atoms with Gasteiger partial charge in [-0.1, -0.05) is 30.3 Å². The smallest absolute Gasteiger partial charge is 0.200 e. The number of rotatable bonds is 2. The van der Waals surface area contributed by atoms with E-state index in [9.17, 15) is 30.7 Å². The molecule has 3 rings (SSSR count). The van der Waals surface area contributed by atoms with Gasteiger partial charge in [-0.15, -0.1) is 0 Å². The molecular weight excluding hydrogens is 349 g/mol. The minimum absolute atomic E-state index is 0.346. The highest BCUT2D eigenvalue weighted by atomic mass is 19.2. The Morgan fingerprint density at radius 3 is 1.28 bits per heavy atom. The third kappa shape index (κ3) is 2.65. The van der Waals surface area contributed by atoms with Gasteiger partial charge in [-0.25, -0.2) is 30.7 Å². The molecule has 0 amide bonds. The average Bonchev–Trinajstić information content (AvgIpc) is 2.59. The lowest BCUT2D eigenvalue weighted by Crippen LogP contribution is -2.05. The summed E-state index contributed by atoms with van der Waals surface area (Å²) in [6, 6.07) is 7.59. The van der Waals surface area contributed by atoms with Gasteiger partial charge >= 0.3 is 0 Å². The fourth-order valence-electron chi connectivity index (χ4n) is 2.52. The van der Waals surface area contributed by atoms with Crippen LogP contribution >= 0.6 is 0 Å². The lowest BCUT2D eigenvalue weighted by molar-refractivity contribution is 0.381. The first kappa shape index (κ1) is 17.0. The van der Waals surface area contributed by atoms with Crippen molar-refractivity contribution in [2.45, 2.75) is 0 Å². The van der Waals surface area contributed by atoms with Gasteiger partial charge in [0.1, 0.15) is 11.6 Å². The zero-order chi connectivity index (χ0) is 18.3. The Kier molecular flexibility index (Phi) is 4.24. The minimum Gasteiger partial charge on any atom is -0.206 e. The quantitative estimate of drug-likeness (QED) is 0.300. The summed E-state index contributed by atoms with van der Waals surface area (Å²) in [5, 5.41) is 0. The van der Waals surface area contributed by atoms with E-state index < -0.39 is 57.4 Å². The van der Waals surface area contributed by atoms with E-state index >= 15 is 0 Å². The number of hydrogen-bond acceptors (Lipinski definition) is 0. The summed E-state index contributed by atoms with van der Waals surface area (Å²) in [6.07, 6.45) is 0. The standard InChI is InChI=1S/C18H7F7/c19-10-6-3-7-11(20)12(10)8-4-1-2-5-9(8)13-14(21)16(23)18(25)17(24)15(13)22/h1-7H. The number of hydrogen-bond donors (Lipinski definition) is 0. The number of benzene rings is 3. The molecule has 7 heteroatoms. The highest BCUT2D eigenvalue weighted by Crippen LogP contribution is 2.39. The van der Waals surface area contributed by atoms with Crippen LogP contribution in [0.3, 0.4) is 0 Å². The molecule has 25 heavy (non-hydrogen) atoms. The molecule has 0 aliphatic rings. The van der Waals surface area contributed by atoms with Crippen molar-refractivity contribution in [3.05, 3.63) is 83.2 Å². The molecule has 128 valence electrons. The molecule has 3 aromatic rings. The third-order valence-corrected chi connectivity index (χ3v) is 3.64. The molecule has 0 saturated heterocycles. The second kappa shape index (κ2) is 6.23. The van der Waals surface area contributed by atoms with Crippen LogP contribution in [0.4, 0.5) is 30.7 Å². The fourth-order valence-corrected chi connectivity index (χ4v) is 2.52. The van der Waals surface area contributed by atoms with Crippen LogP contribution in [-0.4, -0.2) is 0 Å². The molecule has 0 spiro atoms. The van der Waals surface area contributed by atoms with Gasteiger partial charge in [0.15, 0.2) is 23.3 Å². The van der Waals surface area contributed by atoms with E-state index in [1.807, 2.05) is 0 Å². The molecule has 0 aliphatic heterocycles. The Morgan fingerprint density at radius 1 is 0.400 bits per heavy atom. The Morgan fingerprint density at radius 2 is 0.800 bits per heavy atom. The zero-order valence-corrected chi connectivity index (χ0v) is 12.2. The molecule has 0 unspecified atom stereocenters. The fraction of sp³-hybridized carbons (Fsp3) is 0. The van der Waals surface area contributed by atoms with Crippen molar-refractivity contribution in [2.75, 3.05) is 0 Å². The van der Waals surface area contributed by atoms with E-state index in [2.05, 4.69) is 0 Å².